The summed E-state index contributed by atoms with van der Waals surface area (Å²) >= 11 is 1.56. The number of Topliss-reactive ketones (excluding diaryl/α,β-unsaturated/α-hetero) is 2. The SMILES string of the molecule is C.C.CC(=O)Oc1ccccc1SSc1ncccc1[N+](=O)[O-].CCC.CCC.COc1cc(SSc2ncccc2[N+](=O)[O-])c(CNC(C)C(C)=O)c(OC)c1OC.COc1cc(SSc2ncccc2[N+](=O)[O-])c(CNC(C)C(C)=O)c(OC)c1OC.CSc1ccccc1OC(C)=O. The zero-order valence-corrected chi connectivity index (χ0v) is 63.6. The summed E-state index contributed by atoms with van der Waals surface area (Å²) in [5, 5.41) is 40.6. The van der Waals surface area contributed by atoms with Crippen LogP contribution in [0.3, 0.4) is 0 Å². The van der Waals surface area contributed by atoms with Crippen LogP contribution >= 0.6 is 76.5 Å². The molecule has 7 aromatic rings. The van der Waals surface area contributed by atoms with Crippen molar-refractivity contribution in [1.29, 1.82) is 0 Å². The Morgan fingerprint density at radius 2 is 0.733 bits per heavy atom. The Morgan fingerprint density at radius 3 is 1.01 bits per heavy atom. The number of nitrogens with zero attached hydrogens (tertiary/aromatic N) is 6. The molecule has 0 fully saturated rings. The van der Waals surface area contributed by atoms with Gasteiger partial charge in [-0.3, -0.25) is 49.5 Å². The predicted molar refractivity (Wildman–Crippen MR) is 407 cm³/mol. The van der Waals surface area contributed by atoms with Gasteiger partial charge < -0.3 is 48.5 Å². The summed E-state index contributed by atoms with van der Waals surface area (Å²) in [5.41, 5.74) is 1.26. The van der Waals surface area contributed by atoms with E-state index < -0.39 is 20.7 Å². The molecule has 7 rings (SSSR count). The van der Waals surface area contributed by atoms with Crippen molar-refractivity contribution in [2.24, 2.45) is 0 Å². The van der Waals surface area contributed by atoms with Gasteiger partial charge in [-0.05, 0) is 132 Å². The molecule has 0 radical (unpaired) electrons. The van der Waals surface area contributed by atoms with E-state index in [1.165, 1.54) is 171 Å². The number of hydrogen-bond acceptors (Lipinski definition) is 30. The molecule has 33 heteroatoms. The average molecular weight is 1530 g/mol. The van der Waals surface area contributed by atoms with Crippen LogP contribution in [0.1, 0.15) is 108 Å². The Morgan fingerprint density at radius 1 is 0.436 bits per heavy atom. The molecule has 101 heavy (non-hydrogen) atoms. The second-order valence-electron chi connectivity index (χ2n) is 19.6. The van der Waals surface area contributed by atoms with E-state index in [-0.39, 0.29) is 71.6 Å². The molecule has 0 amide bonds. The maximum absolute atomic E-state index is 11.6. The first-order valence-electron chi connectivity index (χ1n) is 29.8. The molecule has 4 aromatic carbocycles. The molecule has 0 bridgehead atoms. The van der Waals surface area contributed by atoms with Crippen molar-refractivity contribution >= 4 is 117 Å². The number of aromatic nitrogens is 3. The van der Waals surface area contributed by atoms with E-state index in [0.29, 0.717) is 69.0 Å². The third kappa shape index (κ3) is 31.4. The highest BCUT2D eigenvalue weighted by Gasteiger charge is 2.27. The number of nitrogens with one attached hydrogen (secondary N) is 2. The van der Waals surface area contributed by atoms with Crippen molar-refractivity contribution in [2.75, 3.05) is 48.9 Å². The Labute approximate surface area is 619 Å². The molecule has 3 aromatic heterocycles. The summed E-state index contributed by atoms with van der Waals surface area (Å²) in [5.74, 6) is 3.03. The van der Waals surface area contributed by atoms with Crippen LogP contribution in [0, 0.1) is 30.3 Å². The van der Waals surface area contributed by atoms with Gasteiger partial charge in [-0.1, -0.05) is 101 Å². The van der Waals surface area contributed by atoms with E-state index in [1.807, 2.05) is 24.5 Å². The number of carbonyl (C=O) groups excluding carboxylic acids is 4. The highest BCUT2D eigenvalue weighted by Crippen LogP contribution is 2.52. The van der Waals surface area contributed by atoms with E-state index in [0.717, 1.165) is 58.2 Å². The van der Waals surface area contributed by atoms with Crippen molar-refractivity contribution in [1.82, 2.24) is 25.6 Å². The van der Waals surface area contributed by atoms with Crippen molar-refractivity contribution < 1.29 is 71.8 Å². The Kier molecular flexibility index (Phi) is 47.1. The molecule has 2 N–H and O–H groups in total. The van der Waals surface area contributed by atoms with E-state index in [2.05, 4.69) is 53.3 Å². The second-order valence-corrected chi connectivity index (χ2v) is 27.0. The highest BCUT2D eigenvalue weighted by molar-refractivity contribution is 8.77. The lowest BCUT2D eigenvalue weighted by Crippen LogP contribution is -2.32. The number of benzene rings is 4. The van der Waals surface area contributed by atoms with E-state index in [9.17, 15) is 49.5 Å². The molecular formula is C68H90N8O18S7. The van der Waals surface area contributed by atoms with Crippen LogP contribution in [0.2, 0.25) is 0 Å². The van der Waals surface area contributed by atoms with Gasteiger partial charge in [0.05, 0.1) is 74.4 Å². The zero-order valence-electron chi connectivity index (χ0n) is 57.8. The number of carbonyl (C=O) groups is 4. The minimum absolute atomic E-state index is 0. The van der Waals surface area contributed by atoms with Crippen LogP contribution in [-0.4, -0.2) is 114 Å². The maximum Gasteiger partial charge on any atom is 0.308 e. The predicted octanol–water partition coefficient (Wildman–Crippen LogP) is 17.9. The number of methoxy groups -OCH3 is 6. The van der Waals surface area contributed by atoms with Crippen LogP contribution in [0.4, 0.5) is 17.1 Å². The molecule has 0 spiro atoms. The molecular weight excluding hydrogens is 1440 g/mol. The summed E-state index contributed by atoms with van der Waals surface area (Å²) in [7, 11) is 16.3. The van der Waals surface area contributed by atoms with Gasteiger partial charge in [0.1, 0.15) is 23.1 Å². The molecule has 552 valence electrons. The van der Waals surface area contributed by atoms with Crippen LogP contribution in [0.15, 0.2) is 150 Å². The highest BCUT2D eigenvalue weighted by atomic mass is 33.1. The quantitative estimate of drug-likeness (QED) is 0.0110. The Balaban J connectivity index is 0.00000132. The molecule has 2 atom stereocenters. The number of para-hydroxylation sites is 2. The minimum Gasteiger partial charge on any atom is -0.493 e. The standard InChI is InChI=1S/2C19H23N3O6S2.C13H10N2O4S2.C9H10O2S.2C3H8.2CH4/c2*1-11(12(2)23)21-10-13-16(9-15(26-3)18(28-5)17(13)27-4)29-30-19-14(22(24)25)7-6-8-20-19;1-9(16)19-11-6-2-3-7-12(11)20-21-13-10(15(17)18)5-4-8-14-13;1-7(10)11-8-5-3-4-6-9(8)12-2;2*1-3-2;;/h2*6-9,11,21H,10H2,1-5H3;2-8H,1H3;3-6H,1-2H3;2*3H2,1-2H3;2*1H4. The first-order chi connectivity index (χ1) is 47.3. The molecule has 0 aliphatic carbocycles. The van der Waals surface area contributed by atoms with Gasteiger partial charge in [-0.25, -0.2) is 15.0 Å². The van der Waals surface area contributed by atoms with Gasteiger partial charge in [0, 0.05) is 89.5 Å². The lowest BCUT2D eigenvalue weighted by molar-refractivity contribution is -0.388. The van der Waals surface area contributed by atoms with Crippen molar-refractivity contribution in [3.8, 4) is 46.0 Å². The molecule has 0 saturated heterocycles. The van der Waals surface area contributed by atoms with Crippen LogP contribution in [0.5, 0.6) is 46.0 Å². The molecule has 0 aliphatic heterocycles. The molecule has 26 nitrogen and oxygen atoms in total. The largest absolute Gasteiger partial charge is 0.493 e. The van der Waals surface area contributed by atoms with Crippen molar-refractivity contribution in [2.45, 2.75) is 157 Å². The fourth-order valence-corrected chi connectivity index (χ4v) is 14.5. The molecule has 0 aliphatic rings. The van der Waals surface area contributed by atoms with Gasteiger partial charge in [0.2, 0.25) is 11.5 Å². The summed E-state index contributed by atoms with van der Waals surface area (Å²) < 4.78 is 43.0. The Bertz CT molecular complexity index is 3620. The van der Waals surface area contributed by atoms with Crippen molar-refractivity contribution in [3.63, 3.8) is 0 Å². The maximum atomic E-state index is 11.6. The number of hydrogen-bond donors (Lipinski definition) is 2. The molecule has 0 saturated carbocycles. The number of nitro groups is 3. The lowest BCUT2D eigenvalue weighted by atomic mass is 10.1. The van der Waals surface area contributed by atoms with Gasteiger partial charge >= 0.3 is 29.0 Å². The van der Waals surface area contributed by atoms with Gasteiger partial charge in [0.15, 0.2) is 38.1 Å². The van der Waals surface area contributed by atoms with E-state index in [1.54, 1.807) is 68.1 Å². The van der Waals surface area contributed by atoms with Gasteiger partial charge in [-0.2, -0.15) is 0 Å². The summed E-state index contributed by atoms with van der Waals surface area (Å²) in [6.07, 6.45) is 8.94. The fraction of sp³-hybridized carbons (Fsp3) is 0.368. The number of thioether (sulfide) groups is 1. The zero-order chi connectivity index (χ0) is 74.1. The number of pyridine rings is 3. The van der Waals surface area contributed by atoms with Gasteiger partial charge in [-0.15, -0.1) is 11.8 Å². The summed E-state index contributed by atoms with van der Waals surface area (Å²) in [4.78, 5) is 92.3. The molecule has 2 unspecified atom stereocenters. The van der Waals surface area contributed by atoms with Crippen LogP contribution in [-0.2, 0) is 32.3 Å². The monoisotopic (exact) mass is 1530 g/mol. The van der Waals surface area contributed by atoms with Crippen molar-refractivity contribution in [3.05, 3.63) is 157 Å². The first-order valence-corrected chi connectivity index (χ1v) is 37.5. The Hall–Kier alpha value is -8.02. The van der Waals surface area contributed by atoms with Crippen LogP contribution < -0.4 is 48.5 Å². The normalized spacial score (nSPS) is 10.5. The van der Waals surface area contributed by atoms with Gasteiger partial charge in [0.25, 0.3) is 0 Å². The number of esters is 2. The number of ether oxygens (including phenoxy) is 8. The third-order valence-corrected chi connectivity index (χ3v) is 19.9. The number of ketones is 2. The first kappa shape index (κ1) is 93.0. The third-order valence-electron chi connectivity index (χ3n) is 12.1. The smallest absolute Gasteiger partial charge is 0.308 e. The average Bonchev–Trinajstić information content (AvgIpc) is 0.800. The van der Waals surface area contributed by atoms with Crippen LogP contribution in [0.25, 0.3) is 0 Å². The summed E-state index contributed by atoms with van der Waals surface area (Å²) in [6, 6.07) is 26.0. The second kappa shape index (κ2) is 51.2. The fourth-order valence-electron chi connectivity index (χ4n) is 7.29. The lowest BCUT2D eigenvalue weighted by Gasteiger charge is -2.20. The summed E-state index contributed by atoms with van der Waals surface area (Å²) in [6.45, 7) is 18.4. The van der Waals surface area contributed by atoms with E-state index in [4.69, 9.17) is 37.9 Å². The molecule has 3 heterocycles. The topological polar surface area (TPSA) is 334 Å². The van der Waals surface area contributed by atoms with E-state index >= 15 is 0 Å². The minimum atomic E-state index is -0.478. The number of rotatable bonds is 29.